The van der Waals surface area contributed by atoms with E-state index >= 15 is 0 Å². The number of thiocarbonyl (C=S) groups is 1. The van der Waals surface area contributed by atoms with Gasteiger partial charge in [-0.1, -0.05) is 0 Å². The Balaban J connectivity index is 2.65. The summed E-state index contributed by atoms with van der Waals surface area (Å²) in [5, 5.41) is 3.71. The smallest absolute Gasteiger partial charge is 0.186 e. The van der Waals surface area contributed by atoms with E-state index in [1.165, 1.54) is 0 Å². The summed E-state index contributed by atoms with van der Waals surface area (Å²) in [7, 11) is 0. The molecule has 1 aromatic heterocycles. The normalized spacial score (nSPS) is 11.2. The van der Waals surface area contributed by atoms with Crippen LogP contribution < -0.4 is 16.9 Å². The van der Waals surface area contributed by atoms with Gasteiger partial charge in [0.05, 0.1) is 0 Å². The van der Waals surface area contributed by atoms with Crippen LogP contribution >= 0.6 is 12.2 Å². The molecule has 0 unspecified atom stereocenters. The molecule has 6 nitrogen and oxygen atoms in total. The van der Waals surface area contributed by atoms with Crippen LogP contribution in [0.3, 0.4) is 0 Å². The lowest BCUT2D eigenvalue weighted by Gasteiger charge is -1.96. The van der Waals surface area contributed by atoms with E-state index in [-0.39, 0.29) is 10.9 Å². The number of hydrogen-bond donors (Lipinski definition) is 4. The van der Waals surface area contributed by atoms with Crippen LogP contribution in [0.2, 0.25) is 0 Å². The number of H-pyrrole nitrogens is 1. The van der Waals surface area contributed by atoms with Crippen LogP contribution in [0.5, 0.6) is 0 Å². The predicted octanol–water partition coefficient (Wildman–Crippen LogP) is -1.14. The largest absolute Gasteiger partial charge is 0.379 e. The average molecular weight is 184 g/mol. The van der Waals surface area contributed by atoms with Crippen molar-refractivity contribution in [1.29, 1.82) is 0 Å². The van der Waals surface area contributed by atoms with Gasteiger partial charge in [0.25, 0.3) is 0 Å². The lowest BCUT2D eigenvalue weighted by Crippen LogP contribution is -2.28. The summed E-state index contributed by atoms with van der Waals surface area (Å²) >= 11 is 4.52. The van der Waals surface area contributed by atoms with E-state index in [2.05, 4.69) is 32.7 Å². The Morgan fingerprint density at radius 1 is 1.67 bits per heavy atom. The third-order valence-electron chi connectivity index (χ3n) is 1.03. The summed E-state index contributed by atoms with van der Waals surface area (Å²) in [6.45, 7) is 0. The second-order valence-corrected chi connectivity index (χ2v) is 2.35. The van der Waals surface area contributed by atoms with Crippen LogP contribution in [0.1, 0.15) is 5.82 Å². The quantitative estimate of drug-likeness (QED) is 0.201. The van der Waals surface area contributed by atoms with E-state index in [4.69, 9.17) is 11.5 Å². The Morgan fingerprint density at radius 2 is 2.42 bits per heavy atom. The number of aromatic nitrogens is 2. The highest BCUT2D eigenvalue weighted by molar-refractivity contribution is 7.80. The van der Waals surface area contributed by atoms with E-state index in [1.807, 2.05) is 0 Å². The summed E-state index contributed by atoms with van der Waals surface area (Å²) in [6, 6.07) is 0. The van der Waals surface area contributed by atoms with Gasteiger partial charge in [-0.2, -0.15) is 5.10 Å². The Bertz CT molecular complexity index is 289. The zero-order valence-electron chi connectivity index (χ0n) is 6.11. The second kappa shape index (κ2) is 3.67. The number of amidine groups is 1. The van der Waals surface area contributed by atoms with Crippen molar-refractivity contribution in [2.24, 2.45) is 16.6 Å². The molecule has 0 radical (unpaired) electrons. The van der Waals surface area contributed by atoms with E-state index in [0.717, 1.165) is 0 Å². The maximum Gasteiger partial charge on any atom is 0.186 e. The van der Waals surface area contributed by atoms with Crippen molar-refractivity contribution in [3.63, 3.8) is 0 Å². The SMILES string of the molecule is NC(=S)NN=C(N)c1ncc[nH]1. The van der Waals surface area contributed by atoms with Crippen LogP contribution in [0, 0.1) is 0 Å². The number of hydrogen-bond acceptors (Lipinski definition) is 3. The highest BCUT2D eigenvalue weighted by Gasteiger charge is 1.98. The zero-order chi connectivity index (χ0) is 8.97. The van der Waals surface area contributed by atoms with Crippen molar-refractivity contribution in [3.8, 4) is 0 Å². The minimum absolute atomic E-state index is 0.0597. The van der Waals surface area contributed by atoms with Crippen molar-refractivity contribution in [2.75, 3.05) is 0 Å². The molecule has 12 heavy (non-hydrogen) atoms. The van der Waals surface area contributed by atoms with Crippen LogP contribution in [-0.2, 0) is 0 Å². The maximum atomic E-state index is 5.47. The summed E-state index contributed by atoms with van der Waals surface area (Å²) < 4.78 is 0. The van der Waals surface area contributed by atoms with Gasteiger partial charge in [-0.25, -0.2) is 4.98 Å². The van der Waals surface area contributed by atoms with Crippen molar-refractivity contribution in [2.45, 2.75) is 0 Å². The van der Waals surface area contributed by atoms with Crippen LogP contribution in [0.4, 0.5) is 0 Å². The van der Waals surface area contributed by atoms with E-state index in [0.29, 0.717) is 5.82 Å². The van der Waals surface area contributed by atoms with Crippen molar-refractivity contribution in [3.05, 3.63) is 18.2 Å². The molecule has 0 aromatic carbocycles. The minimum atomic E-state index is 0.0597. The third kappa shape index (κ3) is 2.20. The maximum absolute atomic E-state index is 5.47. The molecule has 0 fully saturated rings. The lowest BCUT2D eigenvalue weighted by atomic mass is 10.6. The first-order valence-electron chi connectivity index (χ1n) is 3.08. The van der Waals surface area contributed by atoms with Gasteiger partial charge in [-0.3, -0.25) is 5.43 Å². The van der Waals surface area contributed by atoms with Gasteiger partial charge in [0, 0.05) is 12.4 Å². The first kappa shape index (κ1) is 8.47. The Hall–Kier alpha value is -1.63. The summed E-state index contributed by atoms with van der Waals surface area (Å²) in [5.74, 6) is 0.673. The summed E-state index contributed by atoms with van der Waals surface area (Å²) in [4.78, 5) is 6.63. The van der Waals surface area contributed by atoms with Gasteiger partial charge in [0.2, 0.25) is 0 Å². The topological polar surface area (TPSA) is 105 Å². The van der Waals surface area contributed by atoms with Gasteiger partial charge >= 0.3 is 0 Å². The number of imidazole rings is 1. The fourth-order valence-electron chi connectivity index (χ4n) is 0.574. The molecule has 0 aliphatic rings. The first-order chi connectivity index (χ1) is 5.70. The van der Waals surface area contributed by atoms with Gasteiger partial charge < -0.3 is 16.5 Å². The van der Waals surface area contributed by atoms with Crippen LogP contribution in [0.25, 0.3) is 0 Å². The van der Waals surface area contributed by atoms with Gasteiger partial charge in [-0.05, 0) is 12.2 Å². The standard InChI is InChI=1S/C5H8N6S/c6-3(10-11-5(7)12)4-8-1-2-9-4/h1-2H,(H2,6,10)(H,8,9)(H3,7,11,12). The molecule has 1 aromatic rings. The van der Waals surface area contributed by atoms with Crippen molar-refractivity contribution in [1.82, 2.24) is 15.4 Å². The monoisotopic (exact) mass is 184 g/mol. The first-order valence-corrected chi connectivity index (χ1v) is 3.49. The number of hydrazone groups is 1. The van der Waals surface area contributed by atoms with Crippen LogP contribution in [-0.4, -0.2) is 20.9 Å². The molecule has 0 bridgehead atoms. The van der Waals surface area contributed by atoms with Gasteiger partial charge in [0.1, 0.15) is 0 Å². The summed E-state index contributed by atoms with van der Waals surface area (Å²) in [6.07, 6.45) is 3.21. The molecular formula is C5H8N6S. The molecule has 1 rings (SSSR count). The molecule has 64 valence electrons. The Morgan fingerprint density at radius 3 is 2.92 bits per heavy atom. The number of nitrogens with one attached hydrogen (secondary N) is 2. The summed E-state index contributed by atoms with van der Waals surface area (Å²) in [5.41, 5.74) is 12.9. The van der Waals surface area contributed by atoms with Crippen molar-refractivity contribution < 1.29 is 0 Å². The number of rotatable bonds is 2. The van der Waals surface area contributed by atoms with E-state index in [9.17, 15) is 0 Å². The average Bonchev–Trinajstić information content (AvgIpc) is 2.51. The van der Waals surface area contributed by atoms with Crippen molar-refractivity contribution >= 4 is 23.2 Å². The molecule has 0 aliphatic heterocycles. The lowest BCUT2D eigenvalue weighted by molar-refractivity contribution is 1.02. The highest BCUT2D eigenvalue weighted by atomic mass is 32.1. The highest BCUT2D eigenvalue weighted by Crippen LogP contribution is 1.85. The Labute approximate surface area is 74.0 Å². The van der Waals surface area contributed by atoms with E-state index in [1.54, 1.807) is 12.4 Å². The molecule has 0 amide bonds. The molecule has 0 aliphatic carbocycles. The van der Waals surface area contributed by atoms with Crippen LogP contribution in [0.15, 0.2) is 17.5 Å². The molecule has 1 heterocycles. The zero-order valence-corrected chi connectivity index (χ0v) is 6.93. The third-order valence-corrected chi connectivity index (χ3v) is 1.12. The Kier molecular flexibility index (Phi) is 2.59. The number of nitrogens with two attached hydrogens (primary N) is 2. The fraction of sp³-hybridized carbons (Fsp3) is 0. The molecule has 0 saturated carbocycles. The molecule has 0 saturated heterocycles. The molecular weight excluding hydrogens is 176 g/mol. The minimum Gasteiger partial charge on any atom is -0.379 e. The number of aromatic amines is 1. The van der Waals surface area contributed by atoms with Gasteiger partial charge in [0.15, 0.2) is 16.8 Å². The molecule has 0 spiro atoms. The predicted molar refractivity (Wildman–Crippen MR) is 49.2 cm³/mol. The van der Waals surface area contributed by atoms with Gasteiger partial charge in [-0.15, -0.1) is 0 Å². The fourth-order valence-corrected chi connectivity index (χ4v) is 0.619. The molecule has 6 N–H and O–H groups in total. The second-order valence-electron chi connectivity index (χ2n) is 1.91. The molecule has 0 atom stereocenters. The molecule has 7 heteroatoms. The number of nitrogens with zero attached hydrogens (tertiary/aromatic N) is 2. The van der Waals surface area contributed by atoms with E-state index < -0.39 is 0 Å².